The molecule has 0 aliphatic carbocycles. The molecule has 0 fully saturated rings. The van der Waals surface area contributed by atoms with Gasteiger partial charge in [-0.2, -0.15) is 8.42 Å². The maximum absolute atomic E-state index is 10.3. The Hall–Kier alpha value is 0.650. The van der Waals surface area contributed by atoms with E-state index in [1.54, 1.807) is 6.92 Å². The van der Waals surface area contributed by atoms with Crippen molar-refractivity contribution in [1.29, 1.82) is 0 Å². The van der Waals surface area contributed by atoms with Gasteiger partial charge in [0.25, 0.3) is 10.1 Å². The van der Waals surface area contributed by atoms with Crippen LogP contribution in [0.3, 0.4) is 0 Å². The first-order valence-electron chi connectivity index (χ1n) is 2.61. The van der Waals surface area contributed by atoms with E-state index in [0.29, 0.717) is 6.42 Å². The van der Waals surface area contributed by atoms with Gasteiger partial charge >= 0.3 is 29.6 Å². The molecular formula is C5H11NaO3S. The van der Waals surface area contributed by atoms with E-state index in [0.717, 1.165) is 0 Å². The summed E-state index contributed by atoms with van der Waals surface area (Å²) in [7, 11) is -3.88. The van der Waals surface area contributed by atoms with Gasteiger partial charge in [0.1, 0.15) is 5.25 Å². The van der Waals surface area contributed by atoms with E-state index in [4.69, 9.17) is 4.55 Å². The Morgan fingerprint density at radius 3 is 2.20 bits per heavy atom. The predicted octanol–water partition coefficient (Wildman–Crippen LogP) is -2.04. The molecule has 0 aliphatic rings. The van der Waals surface area contributed by atoms with Crippen molar-refractivity contribution in [3.8, 4) is 0 Å². The van der Waals surface area contributed by atoms with Crippen LogP contribution in [0, 0.1) is 0 Å². The summed E-state index contributed by atoms with van der Waals surface area (Å²) in [6.07, 6.45) is 1.58. The second-order valence-corrected chi connectivity index (χ2v) is 3.33. The second kappa shape index (κ2) is 5.32. The molecule has 0 aliphatic heterocycles. The van der Waals surface area contributed by atoms with Crippen LogP contribution in [0.2, 0.25) is 0 Å². The molecule has 0 saturated carbocycles. The molecule has 1 N–H and O–H groups in total. The molecule has 0 bridgehead atoms. The van der Waals surface area contributed by atoms with E-state index in [1.165, 1.54) is 6.08 Å². The fourth-order valence-corrected chi connectivity index (χ4v) is 1.16. The van der Waals surface area contributed by atoms with Crippen LogP contribution in [0.1, 0.15) is 14.8 Å². The van der Waals surface area contributed by atoms with E-state index < -0.39 is 15.4 Å². The minimum atomic E-state index is -3.88. The zero-order chi connectivity index (χ0) is 7.49. The van der Waals surface area contributed by atoms with Crippen LogP contribution in [0.5, 0.6) is 0 Å². The average Bonchev–Trinajstić information content (AvgIpc) is 1.65. The zero-order valence-electron chi connectivity index (χ0n) is 7.24. The Morgan fingerprint density at radius 1 is 1.80 bits per heavy atom. The van der Waals surface area contributed by atoms with Crippen molar-refractivity contribution < 1.29 is 44.0 Å². The van der Waals surface area contributed by atoms with E-state index in [2.05, 4.69) is 6.58 Å². The van der Waals surface area contributed by atoms with Gasteiger partial charge in [-0.25, -0.2) is 0 Å². The molecule has 3 nitrogen and oxygen atoms in total. The summed E-state index contributed by atoms with van der Waals surface area (Å²) in [6, 6.07) is 0. The van der Waals surface area contributed by atoms with E-state index in [-0.39, 0.29) is 31.0 Å². The fourth-order valence-electron chi connectivity index (χ4n) is 0.499. The van der Waals surface area contributed by atoms with Gasteiger partial charge in [0.15, 0.2) is 0 Å². The minimum Gasteiger partial charge on any atom is -1.00 e. The maximum atomic E-state index is 10.3. The maximum Gasteiger partial charge on any atom is 1.00 e. The summed E-state index contributed by atoms with van der Waals surface area (Å²) in [4.78, 5) is 0. The van der Waals surface area contributed by atoms with Crippen molar-refractivity contribution in [1.82, 2.24) is 0 Å². The van der Waals surface area contributed by atoms with Gasteiger partial charge in [-0.1, -0.05) is 13.0 Å². The Labute approximate surface area is 85.0 Å². The van der Waals surface area contributed by atoms with Gasteiger partial charge in [-0.05, 0) is 6.42 Å². The normalized spacial score (nSPS) is 13.4. The molecule has 0 amide bonds. The molecular weight excluding hydrogens is 163 g/mol. The Balaban J connectivity index is -0.000000320. The van der Waals surface area contributed by atoms with E-state index in [1.807, 2.05) is 0 Å². The van der Waals surface area contributed by atoms with Crippen molar-refractivity contribution in [2.24, 2.45) is 0 Å². The molecule has 0 saturated heterocycles. The molecule has 0 heterocycles. The topological polar surface area (TPSA) is 54.4 Å². The summed E-state index contributed by atoms with van der Waals surface area (Å²) < 4.78 is 28.9. The number of rotatable bonds is 3. The van der Waals surface area contributed by atoms with Gasteiger partial charge in [-0.3, -0.25) is 4.55 Å². The number of hydrogen-bond acceptors (Lipinski definition) is 2. The van der Waals surface area contributed by atoms with E-state index in [9.17, 15) is 8.42 Å². The van der Waals surface area contributed by atoms with Crippen molar-refractivity contribution in [2.45, 2.75) is 18.6 Å². The molecule has 0 aromatic carbocycles. The third-order valence-electron chi connectivity index (χ3n) is 1.05. The standard InChI is InChI=1S/C5H10O3S.Na.H/c1-3-5(4-2)9(6,7)8;;/h3,5H,1,4H2,2H3,(H,6,7,8);;/q;+1;-1. The first-order chi connectivity index (χ1) is 4.02. The van der Waals surface area contributed by atoms with Gasteiger partial charge in [-0.15, -0.1) is 6.58 Å². The smallest absolute Gasteiger partial charge is 1.00 e. The minimum absolute atomic E-state index is 0. The zero-order valence-corrected chi connectivity index (χ0v) is 9.06. The van der Waals surface area contributed by atoms with Crippen molar-refractivity contribution in [3.63, 3.8) is 0 Å². The molecule has 5 heteroatoms. The third kappa shape index (κ3) is 4.46. The summed E-state index contributed by atoms with van der Waals surface area (Å²) >= 11 is 0. The van der Waals surface area contributed by atoms with Gasteiger partial charge in [0.2, 0.25) is 0 Å². The quantitative estimate of drug-likeness (QED) is 0.304. The van der Waals surface area contributed by atoms with Crippen LogP contribution in [0.4, 0.5) is 0 Å². The van der Waals surface area contributed by atoms with Crippen LogP contribution in [-0.2, 0) is 10.1 Å². The first kappa shape index (κ1) is 13.3. The molecule has 0 spiro atoms. The Kier molecular flexibility index (Phi) is 7.05. The van der Waals surface area contributed by atoms with Crippen LogP contribution in [-0.4, -0.2) is 18.2 Å². The van der Waals surface area contributed by atoms with Crippen molar-refractivity contribution in [2.75, 3.05) is 0 Å². The first-order valence-corrected chi connectivity index (χ1v) is 4.11. The molecule has 0 aromatic heterocycles. The molecule has 0 rings (SSSR count). The summed E-state index contributed by atoms with van der Waals surface area (Å²) in [6.45, 7) is 4.93. The summed E-state index contributed by atoms with van der Waals surface area (Å²) in [5, 5.41) is -0.808. The average molecular weight is 174 g/mol. The fraction of sp³-hybridized carbons (Fsp3) is 0.600. The van der Waals surface area contributed by atoms with Gasteiger partial charge < -0.3 is 1.43 Å². The van der Waals surface area contributed by atoms with Crippen LogP contribution >= 0.6 is 0 Å². The SMILES string of the molecule is C=CC(CC)S(=O)(=O)O.[H-].[Na+]. The van der Waals surface area contributed by atoms with Gasteiger partial charge in [0, 0.05) is 0 Å². The molecule has 1 unspecified atom stereocenters. The summed E-state index contributed by atoms with van der Waals surface area (Å²) in [5.74, 6) is 0. The second-order valence-electron chi connectivity index (χ2n) is 1.70. The Bertz CT molecular complexity index is 190. The van der Waals surface area contributed by atoms with Crippen LogP contribution in [0.25, 0.3) is 0 Å². The molecule has 1 atom stereocenters. The van der Waals surface area contributed by atoms with Gasteiger partial charge in [0.05, 0.1) is 0 Å². The molecule has 0 aromatic rings. The van der Waals surface area contributed by atoms with Crippen molar-refractivity contribution >= 4 is 10.1 Å². The molecule has 10 heavy (non-hydrogen) atoms. The summed E-state index contributed by atoms with van der Waals surface area (Å²) in [5.41, 5.74) is 0. The Morgan fingerprint density at radius 2 is 2.20 bits per heavy atom. The molecule has 0 radical (unpaired) electrons. The van der Waals surface area contributed by atoms with Crippen molar-refractivity contribution in [3.05, 3.63) is 12.7 Å². The monoisotopic (exact) mass is 174 g/mol. The molecule has 56 valence electrons. The van der Waals surface area contributed by atoms with Crippen LogP contribution < -0.4 is 29.6 Å². The largest absolute Gasteiger partial charge is 1.00 e. The van der Waals surface area contributed by atoms with Crippen LogP contribution in [0.15, 0.2) is 12.7 Å². The van der Waals surface area contributed by atoms with E-state index >= 15 is 0 Å². The number of hydrogen-bond donors (Lipinski definition) is 1. The predicted molar refractivity (Wildman–Crippen MR) is 36.9 cm³/mol. The third-order valence-corrected chi connectivity index (χ3v) is 2.34.